The number of aromatic nitrogens is 4. The summed E-state index contributed by atoms with van der Waals surface area (Å²) in [6, 6.07) is 16.9. The first-order valence-corrected chi connectivity index (χ1v) is 13.1. The maximum atomic E-state index is 13.5. The summed E-state index contributed by atoms with van der Waals surface area (Å²) in [5.74, 6) is 1.09. The summed E-state index contributed by atoms with van der Waals surface area (Å²) in [6.07, 6.45) is 1.23. The van der Waals surface area contributed by atoms with E-state index < -0.39 is 0 Å². The predicted octanol–water partition coefficient (Wildman–Crippen LogP) is 4.22. The van der Waals surface area contributed by atoms with Crippen LogP contribution in [0.4, 0.5) is 0 Å². The van der Waals surface area contributed by atoms with Crippen LogP contribution in [0.2, 0.25) is 0 Å². The van der Waals surface area contributed by atoms with Crippen LogP contribution >= 0.6 is 27.7 Å². The van der Waals surface area contributed by atoms with Gasteiger partial charge >= 0.3 is 0 Å². The number of nitrogens with zero attached hydrogens (tertiary/aromatic N) is 5. The van der Waals surface area contributed by atoms with E-state index in [0.29, 0.717) is 23.8 Å². The minimum absolute atomic E-state index is 0.118. The van der Waals surface area contributed by atoms with Crippen LogP contribution in [0.15, 0.2) is 74.1 Å². The molecule has 2 aromatic heterocycles. The highest BCUT2D eigenvalue weighted by Crippen LogP contribution is 2.34. The van der Waals surface area contributed by atoms with Crippen LogP contribution in [0.1, 0.15) is 36.2 Å². The smallest absolute Gasteiger partial charge is 0.253 e. The van der Waals surface area contributed by atoms with Crippen molar-refractivity contribution in [3.05, 3.63) is 86.2 Å². The summed E-state index contributed by atoms with van der Waals surface area (Å²) in [6.45, 7) is 1.95. The maximum Gasteiger partial charge on any atom is 0.253 e. The van der Waals surface area contributed by atoms with Gasteiger partial charge in [-0.25, -0.2) is 5.01 Å². The van der Waals surface area contributed by atoms with E-state index in [1.165, 1.54) is 17.8 Å². The fraction of sp³-hybridized carbons (Fsp3) is 0.240. The Balaban J connectivity index is 1.42. The van der Waals surface area contributed by atoms with Crippen molar-refractivity contribution in [3.63, 3.8) is 0 Å². The number of nitrogens with one attached hydrogen (secondary N) is 1. The second-order valence-corrected chi connectivity index (χ2v) is 10.1. The van der Waals surface area contributed by atoms with Crippen LogP contribution in [0.5, 0.6) is 5.75 Å². The normalized spacial score (nSPS) is 15.4. The van der Waals surface area contributed by atoms with Crippen LogP contribution in [-0.2, 0) is 11.2 Å². The van der Waals surface area contributed by atoms with Gasteiger partial charge in [-0.15, -0.1) is 10.2 Å². The molecule has 4 aromatic rings. The summed E-state index contributed by atoms with van der Waals surface area (Å²) in [7, 11) is 1.63. The Hall–Kier alpha value is -3.44. The Kier molecular flexibility index (Phi) is 6.92. The quantitative estimate of drug-likeness (QED) is 0.336. The van der Waals surface area contributed by atoms with Crippen molar-refractivity contribution in [3.8, 4) is 5.75 Å². The molecule has 0 aliphatic carbocycles. The second-order valence-electron chi connectivity index (χ2n) is 8.19. The van der Waals surface area contributed by atoms with Crippen LogP contribution in [0.3, 0.4) is 0 Å². The number of methoxy groups -OCH3 is 1. The van der Waals surface area contributed by atoms with Crippen molar-refractivity contribution in [2.75, 3.05) is 12.9 Å². The van der Waals surface area contributed by atoms with E-state index in [0.717, 1.165) is 32.8 Å². The molecule has 2 aromatic carbocycles. The third-order valence-corrected chi connectivity index (χ3v) is 7.43. The van der Waals surface area contributed by atoms with Crippen molar-refractivity contribution in [2.24, 2.45) is 5.10 Å². The molecule has 3 heterocycles. The fourth-order valence-corrected chi connectivity index (χ4v) is 5.24. The largest absolute Gasteiger partial charge is 0.497 e. The van der Waals surface area contributed by atoms with Gasteiger partial charge in [-0.3, -0.25) is 19.0 Å². The number of hydrogen-bond donors (Lipinski definition) is 1. The summed E-state index contributed by atoms with van der Waals surface area (Å²) < 4.78 is 8.05. The molecule has 0 saturated heterocycles. The number of thioether (sulfide) groups is 1. The zero-order valence-corrected chi connectivity index (χ0v) is 22.0. The number of ether oxygens (including phenoxy) is 1. The number of hydrazone groups is 1. The Bertz CT molecular complexity index is 1500. The van der Waals surface area contributed by atoms with Gasteiger partial charge in [0, 0.05) is 22.7 Å². The monoisotopic (exact) mass is 566 g/mol. The summed E-state index contributed by atoms with van der Waals surface area (Å²) >= 11 is 4.74. The molecular weight excluding hydrogens is 544 g/mol. The SMILES string of the molecule is CCc1cc(=O)[nH]c2nnc(SCC(=O)N3N=C(c4ccc(Br)cc4)CC3c3ccc(OC)cc3)n12. The number of amides is 1. The molecule has 1 amide bonds. The van der Waals surface area contributed by atoms with Gasteiger partial charge in [-0.2, -0.15) is 5.10 Å². The highest BCUT2D eigenvalue weighted by molar-refractivity contribution is 9.10. The minimum atomic E-state index is -0.236. The van der Waals surface area contributed by atoms with E-state index in [4.69, 9.17) is 9.84 Å². The van der Waals surface area contributed by atoms with Crippen molar-refractivity contribution >= 4 is 45.1 Å². The van der Waals surface area contributed by atoms with E-state index in [1.807, 2.05) is 55.5 Å². The van der Waals surface area contributed by atoms with Gasteiger partial charge in [0.2, 0.25) is 5.78 Å². The Morgan fingerprint density at radius 3 is 2.61 bits per heavy atom. The van der Waals surface area contributed by atoms with E-state index in [-0.39, 0.29) is 23.3 Å². The number of H-pyrrole nitrogens is 1. The van der Waals surface area contributed by atoms with Gasteiger partial charge in [0.15, 0.2) is 5.16 Å². The minimum Gasteiger partial charge on any atom is -0.497 e. The van der Waals surface area contributed by atoms with Crippen molar-refractivity contribution in [1.29, 1.82) is 0 Å². The summed E-state index contributed by atoms with van der Waals surface area (Å²) in [5.41, 5.74) is 3.35. The Morgan fingerprint density at radius 2 is 1.92 bits per heavy atom. The van der Waals surface area contributed by atoms with E-state index >= 15 is 0 Å². The van der Waals surface area contributed by atoms with Crippen LogP contribution in [0.25, 0.3) is 5.78 Å². The van der Waals surface area contributed by atoms with Gasteiger partial charge in [0.1, 0.15) is 5.75 Å². The van der Waals surface area contributed by atoms with Crippen LogP contribution in [-0.4, -0.2) is 49.1 Å². The number of fused-ring (bicyclic) bond motifs is 1. The number of carbonyl (C=O) groups excluding carboxylic acids is 1. The lowest BCUT2D eigenvalue weighted by Gasteiger charge is -2.22. The zero-order valence-electron chi connectivity index (χ0n) is 19.6. The molecule has 1 unspecified atom stereocenters. The second kappa shape index (κ2) is 10.3. The lowest BCUT2D eigenvalue weighted by Crippen LogP contribution is -2.28. The van der Waals surface area contributed by atoms with Crippen LogP contribution < -0.4 is 10.3 Å². The van der Waals surface area contributed by atoms with E-state index in [2.05, 4.69) is 31.1 Å². The average molecular weight is 567 g/mol. The van der Waals surface area contributed by atoms with Crippen molar-refractivity contribution in [1.82, 2.24) is 24.6 Å². The molecule has 0 saturated carbocycles. The average Bonchev–Trinajstić information content (AvgIpc) is 3.52. The molecule has 1 aliphatic rings. The third kappa shape index (κ3) is 4.80. The topological polar surface area (TPSA) is 105 Å². The lowest BCUT2D eigenvalue weighted by atomic mass is 9.98. The van der Waals surface area contributed by atoms with Crippen molar-refractivity contribution < 1.29 is 9.53 Å². The Labute approximate surface area is 219 Å². The lowest BCUT2D eigenvalue weighted by molar-refractivity contribution is -0.130. The van der Waals surface area contributed by atoms with E-state index in [9.17, 15) is 9.59 Å². The molecule has 36 heavy (non-hydrogen) atoms. The maximum absolute atomic E-state index is 13.5. The number of benzene rings is 2. The molecule has 0 spiro atoms. The predicted molar refractivity (Wildman–Crippen MR) is 142 cm³/mol. The molecule has 9 nitrogen and oxygen atoms in total. The van der Waals surface area contributed by atoms with E-state index in [1.54, 1.807) is 16.5 Å². The highest BCUT2D eigenvalue weighted by atomic mass is 79.9. The molecule has 11 heteroatoms. The molecule has 0 fully saturated rings. The number of aromatic amines is 1. The molecule has 1 atom stereocenters. The number of rotatable bonds is 7. The molecular formula is C25H23BrN6O3S. The zero-order chi connectivity index (χ0) is 25.2. The molecule has 1 aliphatic heterocycles. The number of aryl methyl sites for hydroxylation is 1. The number of carbonyl (C=O) groups is 1. The summed E-state index contributed by atoms with van der Waals surface area (Å²) in [4.78, 5) is 28.0. The van der Waals surface area contributed by atoms with Gasteiger partial charge in [0.05, 0.1) is 24.6 Å². The molecule has 0 radical (unpaired) electrons. The first-order valence-electron chi connectivity index (χ1n) is 11.4. The summed E-state index contributed by atoms with van der Waals surface area (Å²) in [5, 5.41) is 15.1. The standard InChI is InChI=1S/C25H23BrN6O3S/c1-3-18-12-22(33)27-24-28-29-25(31(18)24)36-14-23(34)32-21(16-6-10-19(35-2)11-7-16)13-20(30-32)15-4-8-17(26)9-5-15/h4-12,21H,3,13-14H2,1-2H3,(H,27,28,33). The van der Waals surface area contributed by atoms with Gasteiger partial charge < -0.3 is 4.74 Å². The van der Waals surface area contributed by atoms with Gasteiger partial charge in [-0.05, 0) is 41.8 Å². The van der Waals surface area contributed by atoms with Gasteiger partial charge in [-0.1, -0.05) is 58.9 Å². The molecule has 0 bridgehead atoms. The fourth-order valence-electron chi connectivity index (χ4n) is 4.16. The first-order chi connectivity index (χ1) is 17.5. The van der Waals surface area contributed by atoms with Gasteiger partial charge in [0.25, 0.3) is 11.5 Å². The Morgan fingerprint density at radius 1 is 1.17 bits per heavy atom. The number of hydrogen-bond acceptors (Lipinski definition) is 7. The number of halogens is 1. The van der Waals surface area contributed by atoms with Crippen molar-refractivity contribution in [2.45, 2.75) is 31.0 Å². The molecule has 5 rings (SSSR count). The highest BCUT2D eigenvalue weighted by Gasteiger charge is 2.33. The third-order valence-electron chi connectivity index (χ3n) is 5.98. The first kappa shape index (κ1) is 24.3. The van der Waals surface area contributed by atoms with Crippen LogP contribution in [0, 0.1) is 0 Å². The molecule has 1 N–H and O–H groups in total. The molecule has 184 valence electrons.